The number of morpholine rings is 1. The van der Waals surface area contributed by atoms with Gasteiger partial charge >= 0.3 is 0 Å². The minimum atomic E-state index is -0.379. The molecule has 0 radical (unpaired) electrons. The molecule has 1 saturated carbocycles. The van der Waals surface area contributed by atoms with Crippen molar-refractivity contribution in [3.8, 4) is 5.75 Å². The van der Waals surface area contributed by atoms with E-state index in [0.29, 0.717) is 5.69 Å². The fraction of sp³-hybridized carbons (Fsp3) is 0.478. The molecule has 32 heavy (non-hydrogen) atoms. The van der Waals surface area contributed by atoms with Crippen LogP contribution in [0.15, 0.2) is 30.9 Å². The van der Waals surface area contributed by atoms with Crippen LogP contribution in [0.2, 0.25) is 0 Å². The first kappa shape index (κ1) is 20.8. The van der Waals surface area contributed by atoms with E-state index in [0.717, 1.165) is 74.5 Å². The molecule has 0 atom stereocenters. The number of hydrogen-bond acceptors (Lipinski definition) is 8. The summed E-state index contributed by atoms with van der Waals surface area (Å²) in [6, 6.07) is 4.31. The molecule has 2 aromatic heterocycles. The summed E-state index contributed by atoms with van der Waals surface area (Å²) in [5.74, 6) is 0.670. The van der Waals surface area contributed by atoms with Gasteiger partial charge in [-0.2, -0.15) is 0 Å². The van der Waals surface area contributed by atoms with Gasteiger partial charge in [-0.15, -0.1) is 0 Å². The van der Waals surface area contributed by atoms with Crippen molar-refractivity contribution in [2.75, 3.05) is 36.5 Å². The molecule has 1 aliphatic heterocycles. The molecule has 1 N–H and O–H groups in total. The van der Waals surface area contributed by atoms with Crippen LogP contribution in [-0.2, 0) is 4.74 Å². The Morgan fingerprint density at radius 3 is 2.62 bits per heavy atom. The van der Waals surface area contributed by atoms with Crippen molar-refractivity contribution in [3.05, 3.63) is 42.4 Å². The quantitative estimate of drug-likeness (QED) is 0.648. The molecule has 1 aromatic carbocycles. The Labute approximate surface area is 186 Å². The summed E-state index contributed by atoms with van der Waals surface area (Å²) in [5.41, 5.74) is 3.05. The van der Waals surface area contributed by atoms with Crippen molar-refractivity contribution in [1.29, 1.82) is 0 Å². The van der Waals surface area contributed by atoms with E-state index in [9.17, 15) is 4.39 Å². The molecule has 0 amide bonds. The number of nitrogens with one attached hydrogen (secondary N) is 1. The second-order valence-electron chi connectivity index (χ2n) is 8.32. The van der Waals surface area contributed by atoms with E-state index in [1.54, 1.807) is 19.3 Å². The molecule has 3 heterocycles. The third-order valence-corrected chi connectivity index (χ3v) is 6.17. The number of aromatic nitrogens is 4. The number of halogens is 1. The highest BCUT2D eigenvalue weighted by Crippen LogP contribution is 2.33. The fourth-order valence-corrected chi connectivity index (χ4v) is 4.38. The van der Waals surface area contributed by atoms with Gasteiger partial charge in [-0.25, -0.2) is 19.3 Å². The van der Waals surface area contributed by atoms with Crippen LogP contribution in [0.3, 0.4) is 0 Å². The minimum absolute atomic E-state index is 0.0789. The first-order valence-corrected chi connectivity index (χ1v) is 11.1. The lowest BCUT2D eigenvalue weighted by Gasteiger charge is -2.31. The maximum Gasteiger partial charge on any atom is 0.186 e. The van der Waals surface area contributed by atoms with Gasteiger partial charge in [0, 0.05) is 43.3 Å². The number of nitrogens with zero attached hydrogens (tertiary/aromatic N) is 5. The predicted molar refractivity (Wildman–Crippen MR) is 120 cm³/mol. The SMILES string of the molecule is Cc1ncnc(N[C@H]2CC[C@@H](Oc3cc(N4CCOCC4)cc4nccnc34)CC2)c1F. The van der Waals surface area contributed by atoms with Gasteiger partial charge in [-0.3, -0.25) is 4.98 Å². The lowest BCUT2D eigenvalue weighted by molar-refractivity contribution is 0.122. The fourth-order valence-electron chi connectivity index (χ4n) is 4.38. The molecule has 0 spiro atoms. The Morgan fingerprint density at radius 2 is 1.81 bits per heavy atom. The molecule has 0 bridgehead atoms. The molecular formula is C23H27FN6O2. The van der Waals surface area contributed by atoms with Gasteiger partial charge in [0.2, 0.25) is 0 Å². The molecule has 168 valence electrons. The van der Waals surface area contributed by atoms with E-state index >= 15 is 0 Å². The monoisotopic (exact) mass is 438 g/mol. The van der Waals surface area contributed by atoms with Crippen LogP contribution in [0.4, 0.5) is 15.9 Å². The van der Waals surface area contributed by atoms with Crippen LogP contribution in [-0.4, -0.2) is 58.4 Å². The van der Waals surface area contributed by atoms with Gasteiger partial charge in [-0.1, -0.05) is 0 Å². The number of aryl methyl sites for hydroxylation is 1. The smallest absolute Gasteiger partial charge is 0.186 e. The van der Waals surface area contributed by atoms with Gasteiger partial charge in [0.15, 0.2) is 11.6 Å². The Balaban J connectivity index is 1.28. The summed E-state index contributed by atoms with van der Waals surface area (Å²) in [4.78, 5) is 19.3. The summed E-state index contributed by atoms with van der Waals surface area (Å²) in [5, 5.41) is 3.23. The minimum Gasteiger partial charge on any atom is -0.488 e. The molecule has 8 nitrogen and oxygen atoms in total. The maximum absolute atomic E-state index is 14.2. The van der Waals surface area contributed by atoms with Crippen molar-refractivity contribution in [2.24, 2.45) is 0 Å². The average Bonchev–Trinajstić information content (AvgIpc) is 2.84. The van der Waals surface area contributed by atoms with Gasteiger partial charge in [0.1, 0.15) is 17.6 Å². The topological polar surface area (TPSA) is 85.3 Å². The summed E-state index contributed by atoms with van der Waals surface area (Å²) >= 11 is 0. The van der Waals surface area contributed by atoms with Crippen LogP contribution in [0, 0.1) is 12.7 Å². The molecular weight excluding hydrogens is 411 g/mol. The van der Waals surface area contributed by atoms with E-state index in [1.807, 2.05) is 0 Å². The summed E-state index contributed by atoms with van der Waals surface area (Å²) in [6.07, 6.45) is 8.36. The third kappa shape index (κ3) is 4.43. The molecule has 2 aliphatic rings. The van der Waals surface area contributed by atoms with Crippen molar-refractivity contribution in [3.63, 3.8) is 0 Å². The van der Waals surface area contributed by atoms with Crippen LogP contribution in [0.25, 0.3) is 11.0 Å². The van der Waals surface area contributed by atoms with E-state index in [2.05, 4.69) is 42.3 Å². The first-order chi connectivity index (χ1) is 15.7. The Morgan fingerprint density at radius 1 is 1.03 bits per heavy atom. The number of anilines is 2. The van der Waals surface area contributed by atoms with Gasteiger partial charge < -0.3 is 19.7 Å². The van der Waals surface area contributed by atoms with Crippen LogP contribution in [0.1, 0.15) is 31.4 Å². The van der Waals surface area contributed by atoms with Gasteiger partial charge in [0.05, 0.1) is 30.5 Å². The van der Waals surface area contributed by atoms with Crippen LogP contribution in [0.5, 0.6) is 5.75 Å². The number of hydrogen-bond donors (Lipinski definition) is 1. The van der Waals surface area contributed by atoms with E-state index in [1.165, 1.54) is 6.33 Å². The number of benzene rings is 1. The predicted octanol–water partition coefficient (Wildman–Crippen LogP) is 3.51. The van der Waals surface area contributed by atoms with Crippen molar-refractivity contribution < 1.29 is 13.9 Å². The lowest BCUT2D eigenvalue weighted by atomic mass is 9.93. The zero-order valence-corrected chi connectivity index (χ0v) is 18.1. The standard InChI is InChI=1S/C23H27FN6O2/c1-15-21(24)23(28-14-27-15)29-16-2-4-18(5-3-16)32-20-13-17(30-8-10-31-11-9-30)12-19-22(20)26-7-6-25-19/h6-7,12-14,16,18H,2-5,8-11H2,1H3,(H,27,28,29)/t16-,18+. The number of fused-ring (bicyclic) bond motifs is 1. The lowest BCUT2D eigenvalue weighted by Crippen LogP contribution is -2.36. The molecule has 1 aliphatic carbocycles. The van der Waals surface area contributed by atoms with E-state index in [-0.39, 0.29) is 23.8 Å². The first-order valence-electron chi connectivity index (χ1n) is 11.1. The second-order valence-corrected chi connectivity index (χ2v) is 8.32. The third-order valence-electron chi connectivity index (χ3n) is 6.17. The largest absolute Gasteiger partial charge is 0.488 e. The Bertz CT molecular complexity index is 1080. The summed E-state index contributed by atoms with van der Waals surface area (Å²) < 4.78 is 26.2. The molecule has 5 rings (SSSR count). The average molecular weight is 439 g/mol. The van der Waals surface area contributed by atoms with Crippen LogP contribution < -0.4 is 15.0 Å². The molecule has 0 unspecified atom stereocenters. The highest BCUT2D eigenvalue weighted by atomic mass is 19.1. The number of rotatable bonds is 5. The second kappa shape index (κ2) is 9.20. The van der Waals surface area contributed by atoms with Crippen LogP contribution >= 0.6 is 0 Å². The van der Waals surface area contributed by atoms with E-state index < -0.39 is 0 Å². The van der Waals surface area contributed by atoms with E-state index in [4.69, 9.17) is 9.47 Å². The van der Waals surface area contributed by atoms with Crippen molar-refractivity contribution in [1.82, 2.24) is 19.9 Å². The maximum atomic E-state index is 14.2. The van der Waals surface area contributed by atoms with Crippen molar-refractivity contribution in [2.45, 2.75) is 44.8 Å². The summed E-state index contributed by atoms with van der Waals surface area (Å²) in [6.45, 7) is 4.78. The Hall–Kier alpha value is -3.07. The Kier molecular flexibility index (Phi) is 5.98. The molecule has 2 fully saturated rings. The van der Waals surface area contributed by atoms with Gasteiger partial charge in [-0.05, 0) is 38.7 Å². The zero-order chi connectivity index (χ0) is 21.9. The van der Waals surface area contributed by atoms with Gasteiger partial charge in [0.25, 0.3) is 0 Å². The highest BCUT2D eigenvalue weighted by molar-refractivity contribution is 5.85. The highest BCUT2D eigenvalue weighted by Gasteiger charge is 2.25. The molecule has 3 aromatic rings. The molecule has 9 heteroatoms. The normalized spacial score (nSPS) is 21.5. The summed E-state index contributed by atoms with van der Waals surface area (Å²) in [7, 11) is 0. The molecule has 1 saturated heterocycles. The van der Waals surface area contributed by atoms with Crippen molar-refractivity contribution >= 4 is 22.5 Å². The number of ether oxygens (including phenoxy) is 2. The zero-order valence-electron chi connectivity index (χ0n) is 18.1.